The van der Waals surface area contributed by atoms with Crippen LogP contribution in [0.4, 0.5) is 0 Å². The Morgan fingerprint density at radius 1 is 0.926 bits per heavy atom. The molecule has 0 atom stereocenters. The lowest BCUT2D eigenvalue weighted by atomic mass is 9.97. The van der Waals surface area contributed by atoms with Gasteiger partial charge >= 0.3 is 0 Å². The number of hydrogen-bond donors (Lipinski definition) is 1. The molecule has 27 heavy (non-hydrogen) atoms. The summed E-state index contributed by atoms with van der Waals surface area (Å²) in [4.78, 5) is 20.0. The van der Waals surface area contributed by atoms with Gasteiger partial charge in [-0.15, -0.1) is 0 Å². The Morgan fingerprint density at radius 3 is 2.48 bits per heavy atom. The highest BCUT2D eigenvalue weighted by Crippen LogP contribution is 2.30. The summed E-state index contributed by atoms with van der Waals surface area (Å²) in [6.07, 6.45) is 5.81. The first kappa shape index (κ1) is 16.4. The first-order valence-electron chi connectivity index (χ1n) is 9.25. The number of fused-ring (bicyclic) bond motifs is 2. The molecule has 0 unspecified atom stereocenters. The van der Waals surface area contributed by atoms with Gasteiger partial charge in [-0.3, -0.25) is 9.89 Å². The molecule has 0 radical (unpaired) electrons. The van der Waals surface area contributed by atoms with Crippen molar-refractivity contribution in [3.63, 3.8) is 0 Å². The van der Waals surface area contributed by atoms with Crippen molar-refractivity contribution in [1.82, 2.24) is 14.6 Å². The van der Waals surface area contributed by atoms with Crippen LogP contribution in [0.3, 0.4) is 0 Å². The summed E-state index contributed by atoms with van der Waals surface area (Å²) < 4.78 is 1.59. The van der Waals surface area contributed by atoms with E-state index in [1.54, 1.807) is 16.3 Å². The van der Waals surface area contributed by atoms with Crippen LogP contribution in [0.5, 0.6) is 0 Å². The Balaban J connectivity index is 1.52. The summed E-state index contributed by atoms with van der Waals surface area (Å²) in [7, 11) is 0. The van der Waals surface area contributed by atoms with Gasteiger partial charge < -0.3 is 0 Å². The minimum Gasteiger partial charge on any atom is -0.296 e. The molecule has 4 aromatic rings. The van der Waals surface area contributed by atoms with Crippen molar-refractivity contribution in [1.29, 1.82) is 0 Å². The number of aromatic nitrogens is 3. The number of benzene rings is 2. The molecule has 0 fully saturated rings. The summed E-state index contributed by atoms with van der Waals surface area (Å²) in [5, 5.41) is 3.10. The van der Waals surface area contributed by atoms with Gasteiger partial charge in [0.05, 0.1) is 5.69 Å². The van der Waals surface area contributed by atoms with Crippen LogP contribution < -0.4 is 5.56 Å². The van der Waals surface area contributed by atoms with Crippen LogP contribution in [0.1, 0.15) is 24.1 Å². The maximum absolute atomic E-state index is 12.8. The summed E-state index contributed by atoms with van der Waals surface area (Å²) in [6.45, 7) is 0. The minimum absolute atomic E-state index is 0.0530. The van der Waals surface area contributed by atoms with Crippen molar-refractivity contribution < 1.29 is 0 Å². The van der Waals surface area contributed by atoms with Gasteiger partial charge in [0.25, 0.3) is 5.56 Å². The van der Waals surface area contributed by atoms with Gasteiger partial charge in [0, 0.05) is 27.1 Å². The summed E-state index contributed by atoms with van der Waals surface area (Å²) in [5.41, 5.74) is 4.66. The molecule has 4 nitrogen and oxygen atoms in total. The standard InChI is InChI=1S/C22H19N3OS/c26-22-18-8-4-5-9-20(18)24-21-19(14-23-25(21)22)15-10-12-17(13-11-15)27-16-6-2-1-3-7-16/h1-3,6-7,10-14,23H,4-5,8-9H2. The van der Waals surface area contributed by atoms with Crippen molar-refractivity contribution in [2.45, 2.75) is 35.5 Å². The van der Waals surface area contributed by atoms with Crippen LogP contribution in [-0.4, -0.2) is 14.6 Å². The van der Waals surface area contributed by atoms with Crippen LogP contribution in [0.2, 0.25) is 0 Å². The predicted molar refractivity (Wildman–Crippen MR) is 108 cm³/mol. The number of aromatic amines is 1. The molecule has 2 aromatic carbocycles. The van der Waals surface area contributed by atoms with Gasteiger partial charge in [-0.2, -0.15) is 0 Å². The molecule has 5 rings (SSSR count). The zero-order valence-electron chi connectivity index (χ0n) is 14.8. The van der Waals surface area contributed by atoms with Gasteiger partial charge in [-0.25, -0.2) is 9.50 Å². The van der Waals surface area contributed by atoms with E-state index in [9.17, 15) is 4.79 Å². The quantitative estimate of drug-likeness (QED) is 0.565. The normalized spacial score (nSPS) is 13.6. The molecular weight excluding hydrogens is 354 g/mol. The molecule has 0 saturated heterocycles. The van der Waals surface area contributed by atoms with Crippen LogP contribution in [-0.2, 0) is 12.8 Å². The molecule has 0 saturated carbocycles. The van der Waals surface area contributed by atoms with Gasteiger partial charge in [-0.1, -0.05) is 42.1 Å². The van der Waals surface area contributed by atoms with Crippen LogP contribution in [0.15, 0.2) is 75.4 Å². The summed E-state index contributed by atoms with van der Waals surface area (Å²) in [5.74, 6) is 0. The first-order valence-corrected chi connectivity index (χ1v) is 10.1. The average Bonchev–Trinajstić information content (AvgIpc) is 3.14. The monoisotopic (exact) mass is 373 g/mol. The van der Waals surface area contributed by atoms with Crippen LogP contribution >= 0.6 is 11.8 Å². The van der Waals surface area contributed by atoms with E-state index < -0.39 is 0 Å². The summed E-state index contributed by atoms with van der Waals surface area (Å²) >= 11 is 1.74. The first-order chi connectivity index (χ1) is 13.3. The largest absolute Gasteiger partial charge is 0.296 e. The van der Waals surface area contributed by atoms with Crippen molar-refractivity contribution in [2.75, 3.05) is 0 Å². The van der Waals surface area contributed by atoms with Gasteiger partial charge in [0.1, 0.15) is 0 Å². The Morgan fingerprint density at radius 2 is 1.67 bits per heavy atom. The number of aryl methyl sites for hydroxylation is 1. The van der Waals surface area contributed by atoms with Crippen LogP contribution in [0.25, 0.3) is 16.8 Å². The highest BCUT2D eigenvalue weighted by molar-refractivity contribution is 7.99. The maximum atomic E-state index is 12.8. The second kappa shape index (κ2) is 6.74. The van der Waals surface area contributed by atoms with Crippen molar-refractivity contribution in [3.05, 3.63) is 82.4 Å². The topological polar surface area (TPSA) is 50.2 Å². The fraction of sp³-hybridized carbons (Fsp3) is 0.182. The lowest BCUT2D eigenvalue weighted by Gasteiger charge is -2.13. The van der Waals surface area contributed by atoms with Crippen molar-refractivity contribution >= 4 is 17.4 Å². The fourth-order valence-electron chi connectivity index (χ4n) is 3.69. The molecule has 1 N–H and O–H groups in total. The molecule has 134 valence electrons. The van der Waals surface area contributed by atoms with Gasteiger partial charge in [0.15, 0.2) is 5.65 Å². The number of nitrogens with zero attached hydrogens (tertiary/aromatic N) is 2. The third-order valence-electron chi connectivity index (χ3n) is 5.08. The summed E-state index contributed by atoms with van der Waals surface area (Å²) in [6, 6.07) is 18.8. The molecule has 0 bridgehead atoms. The van der Waals surface area contributed by atoms with E-state index in [2.05, 4.69) is 41.5 Å². The van der Waals surface area contributed by atoms with E-state index in [0.29, 0.717) is 0 Å². The van der Waals surface area contributed by atoms with E-state index in [1.165, 1.54) is 9.79 Å². The highest BCUT2D eigenvalue weighted by atomic mass is 32.2. The lowest BCUT2D eigenvalue weighted by Crippen LogP contribution is -2.24. The van der Waals surface area contributed by atoms with Gasteiger partial charge in [0.2, 0.25) is 0 Å². The third-order valence-corrected chi connectivity index (χ3v) is 6.09. The molecular formula is C22H19N3OS. The van der Waals surface area contributed by atoms with Crippen molar-refractivity contribution in [3.8, 4) is 11.1 Å². The second-order valence-corrected chi connectivity index (χ2v) is 7.98. The van der Waals surface area contributed by atoms with Gasteiger partial charge in [-0.05, 0) is 55.5 Å². The Hall–Kier alpha value is -2.79. The molecule has 1 aliphatic carbocycles. The molecule has 1 aliphatic rings. The third kappa shape index (κ3) is 2.98. The maximum Gasteiger partial charge on any atom is 0.276 e. The smallest absolute Gasteiger partial charge is 0.276 e. The molecule has 5 heteroatoms. The molecule has 0 amide bonds. The molecule has 2 heterocycles. The zero-order valence-corrected chi connectivity index (χ0v) is 15.6. The number of nitrogens with one attached hydrogen (secondary N) is 1. The SMILES string of the molecule is O=c1c2c(nc3c(-c4ccc(Sc5ccccc5)cc4)c[nH]n13)CCCC2. The number of rotatable bonds is 3. The number of hydrogen-bond acceptors (Lipinski definition) is 3. The lowest BCUT2D eigenvalue weighted by molar-refractivity contribution is 0.651. The Bertz CT molecular complexity index is 1160. The zero-order chi connectivity index (χ0) is 18.2. The predicted octanol–water partition coefficient (Wildman–Crippen LogP) is 4.72. The number of H-pyrrole nitrogens is 1. The Labute approximate surface area is 161 Å². The Kier molecular flexibility index (Phi) is 4.09. The van der Waals surface area contributed by atoms with Crippen LogP contribution in [0, 0.1) is 0 Å². The fourth-order valence-corrected chi connectivity index (χ4v) is 4.52. The molecule has 0 spiro atoms. The second-order valence-electron chi connectivity index (χ2n) is 6.83. The van der Waals surface area contributed by atoms with E-state index in [-0.39, 0.29) is 5.56 Å². The van der Waals surface area contributed by atoms with Crippen molar-refractivity contribution in [2.24, 2.45) is 0 Å². The molecule has 2 aromatic heterocycles. The van der Waals surface area contributed by atoms with E-state index >= 15 is 0 Å². The molecule has 0 aliphatic heterocycles. The van der Waals surface area contributed by atoms with E-state index in [0.717, 1.165) is 53.7 Å². The van der Waals surface area contributed by atoms with E-state index in [4.69, 9.17) is 4.98 Å². The van der Waals surface area contributed by atoms with E-state index in [1.807, 2.05) is 24.4 Å². The average molecular weight is 373 g/mol. The minimum atomic E-state index is 0.0530. The highest BCUT2D eigenvalue weighted by Gasteiger charge is 2.19.